The Balaban J connectivity index is 1.69. The number of amides is 1. The van der Waals surface area contributed by atoms with Crippen LogP contribution in [0.1, 0.15) is 55.6 Å². The summed E-state index contributed by atoms with van der Waals surface area (Å²) >= 11 is 0. The number of rotatable bonds is 4. The molecule has 0 heterocycles. The van der Waals surface area contributed by atoms with Gasteiger partial charge in [0.1, 0.15) is 0 Å². The minimum Gasteiger partial charge on any atom is -0.481 e. The topological polar surface area (TPSA) is 57.6 Å². The zero-order valence-electron chi connectivity index (χ0n) is 14.6. The van der Waals surface area contributed by atoms with Crippen molar-refractivity contribution in [2.75, 3.05) is 7.05 Å². The Morgan fingerprint density at radius 3 is 2.33 bits per heavy atom. The normalized spacial score (nSPS) is 29.6. The molecule has 4 heteroatoms. The predicted octanol–water partition coefficient (Wildman–Crippen LogP) is 3.59. The van der Waals surface area contributed by atoms with Crippen LogP contribution in [-0.2, 0) is 9.59 Å². The molecule has 0 spiro atoms. The summed E-state index contributed by atoms with van der Waals surface area (Å²) in [7, 11) is 1.91. The van der Waals surface area contributed by atoms with Crippen LogP contribution >= 0.6 is 0 Å². The van der Waals surface area contributed by atoms with E-state index in [1.165, 1.54) is 11.1 Å². The van der Waals surface area contributed by atoms with Gasteiger partial charge >= 0.3 is 5.97 Å². The number of carbonyl (C=O) groups is 2. The fourth-order valence-electron chi connectivity index (χ4n) is 4.49. The van der Waals surface area contributed by atoms with E-state index in [1.54, 1.807) is 0 Å². The van der Waals surface area contributed by atoms with E-state index in [4.69, 9.17) is 5.11 Å². The molecule has 3 rings (SSSR count). The van der Waals surface area contributed by atoms with Crippen molar-refractivity contribution in [2.24, 2.45) is 11.8 Å². The predicted molar refractivity (Wildman–Crippen MR) is 92.8 cm³/mol. The number of carbonyl (C=O) groups excluding carboxylic acids is 1. The number of hydrogen-bond donors (Lipinski definition) is 1. The van der Waals surface area contributed by atoms with Gasteiger partial charge in [-0.05, 0) is 44.6 Å². The van der Waals surface area contributed by atoms with Crippen LogP contribution in [0.4, 0.5) is 0 Å². The highest BCUT2D eigenvalue weighted by molar-refractivity contribution is 5.81. The molecule has 0 bridgehead atoms. The second-order valence-electron chi connectivity index (χ2n) is 7.51. The SMILES string of the molecule is Cc1ccc(C2CCCC2N(C)C(=O)[C@@H]2CC[C@H](C(=O)O)C2)cc1. The molecule has 4 atom stereocenters. The molecule has 130 valence electrons. The van der Waals surface area contributed by atoms with Crippen LogP contribution in [-0.4, -0.2) is 35.0 Å². The van der Waals surface area contributed by atoms with E-state index in [-0.39, 0.29) is 23.8 Å². The fourth-order valence-corrected chi connectivity index (χ4v) is 4.49. The standard InChI is InChI=1S/C20H27NO3/c1-13-6-8-14(9-7-13)17-4-3-5-18(17)21(2)19(22)15-10-11-16(12-15)20(23)24/h6-9,15-18H,3-5,10-12H2,1-2H3,(H,23,24)/t15-,16+,17?,18?/m1/s1. The summed E-state index contributed by atoms with van der Waals surface area (Å²) in [5.74, 6) is -0.676. The molecule has 0 saturated heterocycles. The first-order chi connectivity index (χ1) is 11.5. The van der Waals surface area contributed by atoms with E-state index >= 15 is 0 Å². The number of likely N-dealkylation sites (N-methyl/N-ethyl adjacent to an activating group) is 1. The minimum atomic E-state index is -0.758. The number of nitrogens with zero attached hydrogens (tertiary/aromatic N) is 1. The number of carboxylic acid groups (broad SMARTS) is 1. The maximum absolute atomic E-state index is 12.9. The molecule has 4 nitrogen and oxygen atoms in total. The molecule has 2 unspecified atom stereocenters. The second-order valence-corrected chi connectivity index (χ2v) is 7.51. The summed E-state index contributed by atoms with van der Waals surface area (Å²) in [6, 6.07) is 8.89. The largest absolute Gasteiger partial charge is 0.481 e. The lowest BCUT2D eigenvalue weighted by molar-refractivity contribution is -0.141. The van der Waals surface area contributed by atoms with Crippen LogP contribution < -0.4 is 0 Å². The van der Waals surface area contributed by atoms with Gasteiger partial charge in [0, 0.05) is 24.9 Å². The van der Waals surface area contributed by atoms with E-state index in [0.29, 0.717) is 25.2 Å². The Hall–Kier alpha value is -1.84. The second kappa shape index (κ2) is 6.96. The van der Waals surface area contributed by atoms with E-state index < -0.39 is 5.97 Å². The molecule has 0 aromatic heterocycles. The summed E-state index contributed by atoms with van der Waals surface area (Å²) in [5.41, 5.74) is 2.57. The maximum atomic E-state index is 12.9. The Morgan fingerprint density at radius 2 is 1.71 bits per heavy atom. The first-order valence-electron chi connectivity index (χ1n) is 9.03. The van der Waals surface area contributed by atoms with Crippen LogP contribution in [0.5, 0.6) is 0 Å². The Labute approximate surface area is 143 Å². The van der Waals surface area contributed by atoms with Gasteiger partial charge in [-0.1, -0.05) is 36.2 Å². The lowest BCUT2D eigenvalue weighted by Gasteiger charge is -2.32. The average molecular weight is 329 g/mol. The lowest BCUT2D eigenvalue weighted by atomic mass is 9.91. The smallest absolute Gasteiger partial charge is 0.306 e. The van der Waals surface area contributed by atoms with Gasteiger partial charge in [0.15, 0.2) is 0 Å². The van der Waals surface area contributed by atoms with E-state index in [0.717, 1.165) is 19.3 Å². The van der Waals surface area contributed by atoms with Crippen LogP contribution in [0, 0.1) is 18.8 Å². The molecule has 2 fully saturated rings. The van der Waals surface area contributed by atoms with Gasteiger partial charge in [-0.3, -0.25) is 9.59 Å². The summed E-state index contributed by atoms with van der Waals surface area (Å²) in [6.45, 7) is 2.09. The molecule has 0 radical (unpaired) electrons. The fraction of sp³-hybridized carbons (Fsp3) is 0.600. The van der Waals surface area contributed by atoms with Gasteiger partial charge in [0.05, 0.1) is 5.92 Å². The van der Waals surface area contributed by atoms with Crippen molar-refractivity contribution in [3.63, 3.8) is 0 Å². The van der Waals surface area contributed by atoms with Gasteiger partial charge in [-0.2, -0.15) is 0 Å². The van der Waals surface area contributed by atoms with Crippen LogP contribution in [0.2, 0.25) is 0 Å². The van der Waals surface area contributed by atoms with Crippen LogP contribution in [0.3, 0.4) is 0 Å². The Kier molecular flexibility index (Phi) is 4.93. The zero-order chi connectivity index (χ0) is 17.3. The Bertz CT molecular complexity index is 610. The number of aryl methyl sites for hydroxylation is 1. The summed E-state index contributed by atoms with van der Waals surface area (Å²) < 4.78 is 0. The van der Waals surface area contributed by atoms with Gasteiger partial charge in [0.2, 0.25) is 5.91 Å². The van der Waals surface area contributed by atoms with E-state index in [9.17, 15) is 9.59 Å². The van der Waals surface area contributed by atoms with Crippen molar-refractivity contribution >= 4 is 11.9 Å². The molecule has 1 aromatic rings. The van der Waals surface area contributed by atoms with Crippen molar-refractivity contribution in [1.82, 2.24) is 4.90 Å². The van der Waals surface area contributed by atoms with Crippen molar-refractivity contribution < 1.29 is 14.7 Å². The van der Waals surface area contributed by atoms with E-state index in [2.05, 4.69) is 31.2 Å². The van der Waals surface area contributed by atoms with Gasteiger partial charge < -0.3 is 10.0 Å². The Morgan fingerprint density at radius 1 is 1.04 bits per heavy atom. The third-order valence-electron chi connectivity index (χ3n) is 5.96. The van der Waals surface area contributed by atoms with Gasteiger partial charge in [0.25, 0.3) is 0 Å². The number of carboxylic acids is 1. The van der Waals surface area contributed by atoms with Crippen molar-refractivity contribution in [1.29, 1.82) is 0 Å². The minimum absolute atomic E-state index is 0.115. The maximum Gasteiger partial charge on any atom is 0.306 e. The molecule has 24 heavy (non-hydrogen) atoms. The molecular formula is C20H27NO3. The summed E-state index contributed by atoms with van der Waals surface area (Å²) in [5, 5.41) is 9.15. The van der Waals surface area contributed by atoms with Gasteiger partial charge in [-0.25, -0.2) is 0 Å². The molecule has 1 aromatic carbocycles. The molecule has 1 amide bonds. The van der Waals surface area contributed by atoms with Crippen LogP contribution in [0.25, 0.3) is 0 Å². The third kappa shape index (κ3) is 3.33. The zero-order valence-corrected chi connectivity index (χ0v) is 14.6. The molecule has 0 aliphatic heterocycles. The highest BCUT2D eigenvalue weighted by Crippen LogP contribution is 2.39. The molecule has 2 saturated carbocycles. The van der Waals surface area contributed by atoms with E-state index in [1.807, 2.05) is 11.9 Å². The van der Waals surface area contributed by atoms with Crippen LogP contribution in [0.15, 0.2) is 24.3 Å². The van der Waals surface area contributed by atoms with Crippen molar-refractivity contribution in [3.8, 4) is 0 Å². The monoisotopic (exact) mass is 329 g/mol. The lowest BCUT2D eigenvalue weighted by Crippen LogP contribution is -2.41. The summed E-state index contributed by atoms with van der Waals surface area (Å²) in [6.07, 6.45) is 5.14. The first kappa shape index (κ1) is 17.0. The van der Waals surface area contributed by atoms with Crippen molar-refractivity contribution in [3.05, 3.63) is 35.4 Å². The number of aliphatic carboxylic acids is 1. The number of hydrogen-bond acceptors (Lipinski definition) is 2. The van der Waals surface area contributed by atoms with Gasteiger partial charge in [-0.15, -0.1) is 0 Å². The highest BCUT2D eigenvalue weighted by Gasteiger charge is 2.39. The number of benzene rings is 1. The molecular weight excluding hydrogens is 302 g/mol. The average Bonchev–Trinajstić information content (AvgIpc) is 3.23. The molecule has 2 aliphatic rings. The highest BCUT2D eigenvalue weighted by atomic mass is 16.4. The molecule has 2 aliphatic carbocycles. The summed E-state index contributed by atoms with van der Waals surface area (Å²) in [4.78, 5) is 25.9. The third-order valence-corrected chi connectivity index (χ3v) is 5.96. The first-order valence-corrected chi connectivity index (χ1v) is 9.03. The quantitative estimate of drug-likeness (QED) is 0.918. The van der Waals surface area contributed by atoms with Crippen molar-refractivity contribution in [2.45, 2.75) is 57.4 Å². The molecule has 1 N–H and O–H groups in total.